The Bertz CT molecular complexity index is 748. The molecule has 11 heteroatoms. The van der Waals surface area contributed by atoms with Gasteiger partial charge in [0.25, 0.3) is 5.69 Å². The molecular formula is C17H22F3N3O4S. The predicted molar refractivity (Wildman–Crippen MR) is 99.0 cm³/mol. The summed E-state index contributed by atoms with van der Waals surface area (Å²) >= 11 is 0.755. The normalized spacial score (nSPS) is 11.8. The molecule has 0 atom stereocenters. The fourth-order valence-corrected chi connectivity index (χ4v) is 3.10. The van der Waals surface area contributed by atoms with Crippen molar-refractivity contribution in [1.29, 1.82) is 0 Å². The SMILES string of the molecule is CCN(CC(=O)NC(C)(C)C)C(=O)CSc1ccc(C(F)(F)F)cc1[N+](=O)[O-]. The number of halogens is 3. The minimum atomic E-state index is -4.71. The number of thioether (sulfide) groups is 1. The summed E-state index contributed by atoms with van der Waals surface area (Å²) in [5.74, 6) is -1.05. The van der Waals surface area contributed by atoms with E-state index >= 15 is 0 Å². The van der Waals surface area contributed by atoms with E-state index in [9.17, 15) is 32.9 Å². The smallest absolute Gasteiger partial charge is 0.350 e. The first-order chi connectivity index (χ1) is 12.7. The molecule has 156 valence electrons. The molecule has 7 nitrogen and oxygen atoms in total. The molecule has 28 heavy (non-hydrogen) atoms. The Labute approximate surface area is 164 Å². The molecule has 0 aromatic heterocycles. The first kappa shape index (κ1) is 23.7. The molecule has 0 radical (unpaired) electrons. The first-order valence-corrected chi connectivity index (χ1v) is 9.30. The number of rotatable bonds is 7. The van der Waals surface area contributed by atoms with Gasteiger partial charge >= 0.3 is 6.18 Å². The maximum atomic E-state index is 12.7. The maximum Gasteiger partial charge on any atom is 0.416 e. The zero-order chi connectivity index (χ0) is 21.7. The van der Waals surface area contributed by atoms with Crippen LogP contribution < -0.4 is 5.32 Å². The molecule has 0 fully saturated rings. The van der Waals surface area contributed by atoms with Crippen LogP contribution in [0.3, 0.4) is 0 Å². The van der Waals surface area contributed by atoms with Crippen LogP contribution in [0.2, 0.25) is 0 Å². The van der Waals surface area contributed by atoms with Gasteiger partial charge in [0.1, 0.15) is 0 Å². The first-order valence-electron chi connectivity index (χ1n) is 8.32. The molecule has 0 saturated heterocycles. The number of nitro groups is 1. The Morgan fingerprint density at radius 2 is 1.86 bits per heavy atom. The average Bonchev–Trinajstić information content (AvgIpc) is 2.54. The minimum absolute atomic E-state index is 0.0541. The van der Waals surface area contributed by atoms with Crippen LogP contribution in [0.25, 0.3) is 0 Å². The van der Waals surface area contributed by atoms with Crippen molar-refractivity contribution in [2.45, 2.75) is 44.3 Å². The molecule has 1 rings (SSSR count). The zero-order valence-electron chi connectivity index (χ0n) is 15.9. The molecular weight excluding hydrogens is 399 g/mol. The number of hydrogen-bond acceptors (Lipinski definition) is 5. The second-order valence-electron chi connectivity index (χ2n) is 6.93. The predicted octanol–water partition coefficient (Wildman–Crippen LogP) is 3.47. The number of amides is 2. The summed E-state index contributed by atoms with van der Waals surface area (Å²) in [4.78, 5) is 35.7. The third-order valence-corrected chi connectivity index (χ3v) is 4.46. The average molecular weight is 421 g/mol. The van der Waals surface area contributed by atoms with E-state index in [4.69, 9.17) is 0 Å². The fourth-order valence-electron chi connectivity index (χ4n) is 2.20. The molecule has 1 aromatic rings. The summed E-state index contributed by atoms with van der Waals surface area (Å²) in [5, 5.41) is 13.8. The van der Waals surface area contributed by atoms with Crippen LogP contribution in [0.4, 0.5) is 18.9 Å². The van der Waals surface area contributed by atoms with E-state index in [2.05, 4.69) is 5.32 Å². The van der Waals surface area contributed by atoms with Gasteiger partial charge in [0.15, 0.2) is 0 Å². The third kappa shape index (κ3) is 7.37. The molecule has 0 saturated carbocycles. The second kappa shape index (κ2) is 9.26. The number of likely N-dealkylation sites (N-methyl/N-ethyl adjacent to an activating group) is 1. The van der Waals surface area contributed by atoms with Gasteiger partial charge in [-0.15, -0.1) is 11.8 Å². The number of benzene rings is 1. The Hall–Kier alpha value is -2.30. The molecule has 2 amide bonds. The summed E-state index contributed by atoms with van der Waals surface area (Å²) in [5.41, 5.74) is -2.32. The van der Waals surface area contributed by atoms with Gasteiger partial charge in [-0.2, -0.15) is 13.2 Å². The number of alkyl halides is 3. The molecule has 0 bridgehead atoms. The summed E-state index contributed by atoms with van der Waals surface area (Å²) in [6.07, 6.45) is -4.71. The van der Waals surface area contributed by atoms with Crippen LogP contribution in [0.5, 0.6) is 0 Å². The Kier molecular flexibility index (Phi) is 7.85. The molecule has 1 N–H and O–H groups in total. The van der Waals surface area contributed by atoms with Crippen molar-refractivity contribution in [2.75, 3.05) is 18.8 Å². The van der Waals surface area contributed by atoms with Gasteiger partial charge in [0, 0.05) is 18.2 Å². The molecule has 0 heterocycles. The van der Waals surface area contributed by atoms with Crippen molar-refractivity contribution in [3.05, 3.63) is 33.9 Å². The maximum absolute atomic E-state index is 12.7. The largest absolute Gasteiger partial charge is 0.416 e. The van der Waals surface area contributed by atoms with Crippen molar-refractivity contribution in [1.82, 2.24) is 10.2 Å². The van der Waals surface area contributed by atoms with Gasteiger partial charge in [-0.1, -0.05) is 0 Å². The molecule has 0 aliphatic rings. The standard InChI is InChI=1S/C17H22F3N3O4S/c1-5-22(9-14(24)21-16(2,3)4)15(25)10-28-13-7-6-11(17(18,19)20)8-12(13)23(26)27/h6-8H,5,9-10H2,1-4H3,(H,21,24). The molecule has 0 aliphatic heterocycles. The van der Waals surface area contributed by atoms with E-state index in [1.165, 1.54) is 4.90 Å². The molecule has 0 unspecified atom stereocenters. The lowest BCUT2D eigenvalue weighted by Gasteiger charge is -2.25. The highest BCUT2D eigenvalue weighted by atomic mass is 32.2. The van der Waals surface area contributed by atoms with Crippen molar-refractivity contribution in [2.24, 2.45) is 0 Å². The van der Waals surface area contributed by atoms with Gasteiger partial charge in [-0.05, 0) is 39.8 Å². The van der Waals surface area contributed by atoms with E-state index in [-0.39, 0.29) is 29.6 Å². The number of carbonyl (C=O) groups excluding carboxylic acids is 2. The van der Waals surface area contributed by atoms with E-state index in [0.717, 1.165) is 23.9 Å². The van der Waals surface area contributed by atoms with Crippen molar-refractivity contribution in [3.63, 3.8) is 0 Å². The van der Waals surface area contributed by atoms with Crippen LogP contribution in [-0.2, 0) is 15.8 Å². The van der Waals surface area contributed by atoms with Crippen molar-refractivity contribution in [3.8, 4) is 0 Å². The molecule has 0 aliphatic carbocycles. The number of nitro benzene ring substituents is 1. The van der Waals surface area contributed by atoms with Crippen LogP contribution >= 0.6 is 11.8 Å². The van der Waals surface area contributed by atoms with Crippen molar-refractivity contribution < 1.29 is 27.7 Å². The van der Waals surface area contributed by atoms with E-state index < -0.39 is 33.8 Å². The van der Waals surface area contributed by atoms with Gasteiger partial charge in [0.2, 0.25) is 11.8 Å². The van der Waals surface area contributed by atoms with Gasteiger partial charge in [-0.25, -0.2) is 0 Å². The summed E-state index contributed by atoms with van der Waals surface area (Å²) < 4.78 is 38.2. The van der Waals surface area contributed by atoms with Crippen LogP contribution in [0.1, 0.15) is 33.3 Å². The minimum Gasteiger partial charge on any atom is -0.350 e. The van der Waals surface area contributed by atoms with Crippen LogP contribution in [0, 0.1) is 10.1 Å². The lowest BCUT2D eigenvalue weighted by molar-refractivity contribution is -0.388. The Morgan fingerprint density at radius 3 is 2.32 bits per heavy atom. The Balaban J connectivity index is 2.85. The number of hydrogen-bond donors (Lipinski definition) is 1. The molecule has 1 aromatic carbocycles. The van der Waals surface area contributed by atoms with Gasteiger partial charge in [-0.3, -0.25) is 19.7 Å². The quantitative estimate of drug-likeness (QED) is 0.413. The lowest BCUT2D eigenvalue weighted by atomic mass is 10.1. The monoisotopic (exact) mass is 421 g/mol. The lowest BCUT2D eigenvalue weighted by Crippen LogP contribution is -2.47. The number of nitrogens with one attached hydrogen (secondary N) is 1. The van der Waals surface area contributed by atoms with Crippen LogP contribution in [0.15, 0.2) is 23.1 Å². The highest BCUT2D eigenvalue weighted by molar-refractivity contribution is 8.00. The molecule has 0 spiro atoms. The zero-order valence-corrected chi connectivity index (χ0v) is 16.7. The van der Waals surface area contributed by atoms with Gasteiger partial charge in [0.05, 0.1) is 27.7 Å². The summed E-state index contributed by atoms with van der Waals surface area (Å²) in [6.45, 7) is 7.12. The highest BCUT2D eigenvalue weighted by Gasteiger charge is 2.33. The second-order valence-corrected chi connectivity index (χ2v) is 7.95. The van der Waals surface area contributed by atoms with Crippen LogP contribution in [-0.4, -0.2) is 46.0 Å². The van der Waals surface area contributed by atoms with E-state index in [1.807, 2.05) is 0 Å². The van der Waals surface area contributed by atoms with Gasteiger partial charge < -0.3 is 10.2 Å². The summed E-state index contributed by atoms with van der Waals surface area (Å²) in [7, 11) is 0. The number of carbonyl (C=O) groups is 2. The summed E-state index contributed by atoms with van der Waals surface area (Å²) in [6, 6.07) is 2.15. The van der Waals surface area contributed by atoms with E-state index in [1.54, 1.807) is 27.7 Å². The Morgan fingerprint density at radius 1 is 1.25 bits per heavy atom. The van der Waals surface area contributed by atoms with E-state index in [0.29, 0.717) is 6.07 Å². The third-order valence-electron chi connectivity index (χ3n) is 3.42. The van der Waals surface area contributed by atoms with Crippen molar-refractivity contribution >= 4 is 29.3 Å². The topological polar surface area (TPSA) is 92.6 Å². The highest BCUT2D eigenvalue weighted by Crippen LogP contribution is 2.36. The number of nitrogens with zero attached hydrogens (tertiary/aromatic N) is 2. The fraction of sp³-hybridized carbons (Fsp3) is 0.529.